The summed E-state index contributed by atoms with van der Waals surface area (Å²) in [5.41, 5.74) is 0. The molecule has 336 valence electrons. The van der Waals surface area contributed by atoms with Crippen molar-refractivity contribution < 1.29 is 91.1 Å². The molecular formula is C42H74N2NaO13P. The second-order valence-corrected chi connectivity index (χ2v) is 16.6. The first-order valence-corrected chi connectivity index (χ1v) is 23.7. The van der Waals surface area contributed by atoms with Gasteiger partial charge in [0.25, 0.3) is 19.6 Å². The molecule has 17 heteroatoms. The van der Waals surface area contributed by atoms with Crippen LogP contribution in [0.1, 0.15) is 200 Å². The Morgan fingerprint density at radius 2 is 1.05 bits per heavy atom. The van der Waals surface area contributed by atoms with Gasteiger partial charge in [-0.25, -0.2) is 4.79 Å². The standard InChI is InChI=1S/C42H75N2O13P.Na/c1-3-5-7-9-11-13-15-17-19-21-23-27-40(48)53-34-36(56-41(49)28-24-22-20-18-16-14-12-10-8-6-4-2)35-55-58(51,52)54-33-32-43-37(45)26-25-29-42(50)57-44-38(46)30-31-39(44)47;/h36H,3-35H2,1-2H3,(H,43,45)(H,51,52);/q;+1/p-1/t36-;/m1./s1. The van der Waals surface area contributed by atoms with Crippen LogP contribution in [-0.4, -0.2) is 73.2 Å². The number of hydrogen-bond acceptors (Lipinski definition) is 13. The van der Waals surface area contributed by atoms with E-state index in [9.17, 15) is 38.2 Å². The number of hydrogen-bond donors (Lipinski definition) is 1. The molecule has 1 unspecified atom stereocenters. The first-order valence-electron chi connectivity index (χ1n) is 22.3. The molecule has 1 saturated heterocycles. The summed E-state index contributed by atoms with van der Waals surface area (Å²) in [6.45, 7) is 2.79. The fourth-order valence-corrected chi connectivity index (χ4v) is 7.07. The zero-order valence-electron chi connectivity index (χ0n) is 36.6. The maximum atomic E-state index is 12.7. The minimum atomic E-state index is -4.90. The van der Waals surface area contributed by atoms with Crippen LogP contribution in [0, 0.1) is 0 Å². The molecule has 2 atom stereocenters. The average Bonchev–Trinajstić information content (AvgIpc) is 3.50. The molecule has 1 rings (SSSR count). The van der Waals surface area contributed by atoms with Crippen molar-refractivity contribution in [1.29, 1.82) is 0 Å². The van der Waals surface area contributed by atoms with E-state index in [1.165, 1.54) is 89.9 Å². The monoisotopic (exact) mass is 868 g/mol. The normalized spacial score (nSPS) is 14.1. The molecule has 1 heterocycles. The number of ether oxygens (including phenoxy) is 2. The SMILES string of the molecule is CCCCCCCCCCCCCC(=O)OC[C@H](COP(=O)([O-])OCCNC(=O)CCCC(=O)ON1C(=O)CCC1=O)OC(=O)CCCCCCCCCCCCC.[Na+]. The molecule has 3 amide bonds. The molecule has 0 bridgehead atoms. The maximum absolute atomic E-state index is 12.7. The number of nitrogens with zero attached hydrogens (tertiary/aromatic N) is 1. The van der Waals surface area contributed by atoms with Crippen LogP contribution in [0.2, 0.25) is 0 Å². The molecule has 1 fully saturated rings. The van der Waals surface area contributed by atoms with Crippen LogP contribution in [0.3, 0.4) is 0 Å². The summed E-state index contributed by atoms with van der Waals surface area (Å²) in [6, 6.07) is 0. The number of phosphoric acid groups is 1. The summed E-state index contributed by atoms with van der Waals surface area (Å²) in [7, 11) is -4.90. The molecule has 1 aliphatic heterocycles. The molecule has 1 N–H and O–H groups in total. The van der Waals surface area contributed by atoms with Gasteiger partial charge in [0, 0.05) is 45.1 Å². The van der Waals surface area contributed by atoms with Crippen molar-refractivity contribution in [3.63, 3.8) is 0 Å². The van der Waals surface area contributed by atoms with Crippen LogP contribution in [-0.2, 0) is 56.7 Å². The maximum Gasteiger partial charge on any atom is 1.00 e. The Bertz CT molecular complexity index is 1210. The van der Waals surface area contributed by atoms with Crippen molar-refractivity contribution in [2.24, 2.45) is 0 Å². The van der Waals surface area contributed by atoms with Gasteiger partial charge in [-0.2, -0.15) is 0 Å². The average molecular weight is 869 g/mol. The zero-order valence-corrected chi connectivity index (χ0v) is 39.5. The molecule has 1 aliphatic rings. The van der Waals surface area contributed by atoms with Crippen LogP contribution < -0.4 is 39.8 Å². The molecule has 15 nitrogen and oxygen atoms in total. The van der Waals surface area contributed by atoms with Crippen LogP contribution in [0.5, 0.6) is 0 Å². The van der Waals surface area contributed by atoms with Gasteiger partial charge in [0.15, 0.2) is 6.10 Å². The summed E-state index contributed by atoms with van der Waals surface area (Å²) >= 11 is 0. The minimum absolute atomic E-state index is 0. The Hall–Kier alpha value is -1.87. The first kappa shape index (κ1) is 57.1. The summed E-state index contributed by atoms with van der Waals surface area (Å²) in [5.74, 6) is -3.53. The van der Waals surface area contributed by atoms with Crippen molar-refractivity contribution in [2.75, 3.05) is 26.4 Å². The van der Waals surface area contributed by atoms with E-state index >= 15 is 0 Å². The van der Waals surface area contributed by atoms with Crippen LogP contribution in [0.4, 0.5) is 0 Å². The molecule has 0 aliphatic carbocycles. The van der Waals surface area contributed by atoms with Gasteiger partial charge in [-0.05, 0) is 19.3 Å². The van der Waals surface area contributed by atoms with E-state index < -0.39 is 62.8 Å². The largest absolute Gasteiger partial charge is 1.00 e. The number of unbranched alkanes of at least 4 members (excludes halogenated alkanes) is 20. The van der Waals surface area contributed by atoms with E-state index in [0.717, 1.165) is 38.5 Å². The first-order chi connectivity index (χ1) is 28.0. The van der Waals surface area contributed by atoms with E-state index in [4.69, 9.17) is 23.4 Å². The fraction of sp³-hybridized carbons (Fsp3) is 0.857. The third-order valence-corrected chi connectivity index (χ3v) is 10.7. The van der Waals surface area contributed by atoms with E-state index in [0.29, 0.717) is 17.9 Å². The molecule has 0 radical (unpaired) electrons. The molecule has 0 aromatic carbocycles. The number of imide groups is 1. The fourth-order valence-electron chi connectivity index (χ4n) is 6.33. The van der Waals surface area contributed by atoms with Gasteiger partial charge < -0.3 is 33.6 Å². The summed E-state index contributed by atoms with van der Waals surface area (Å²) in [5, 5.41) is 2.88. The minimum Gasteiger partial charge on any atom is -0.756 e. The zero-order chi connectivity index (χ0) is 42.7. The summed E-state index contributed by atoms with van der Waals surface area (Å²) in [6.07, 6.45) is 23.9. The van der Waals surface area contributed by atoms with Crippen molar-refractivity contribution >= 4 is 43.5 Å². The number of amides is 3. The van der Waals surface area contributed by atoms with E-state index in [-0.39, 0.29) is 87.7 Å². The van der Waals surface area contributed by atoms with Gasteiger partial charge in [0.05, 0.1) is 13.2 Å². The number of carbonyl (C=O) groups excluding carboxylic acids is 6. The smallest absolute Gasteiger partial charge is 0.756 e. The van der Waals surface area contributed by atoms with Gasteiger partial charge in [0.1, 0.15) is 6.61 Å². The van der Waals surface area contributed by atoms with Crippen molar-refractivity contribution in [2.45, 2.75) is 206 Å². The number of esters is 2. The van der Waals surface area contributed by atoms with Gasteiger partial charge in [-0.3, -0.25) is 28.5 Å². The molecule has 59 heavy (non-hydrogen) atoms. The number of hydroxylamine groups is 2. The molecule has 0 aromatic rings. The Morgan fingerprint density at radius 1 is 0.610 bits per heavy atom. The van der Waals surface area contributed by atoms with E-state index in [1.807, 2.05) is 0 Å². The van der Waals surface area contributed by atoms with Gasteiger partial charge >= 0.3 is 47.5 Å². The van der Waals surface area contributed by atoms with Crippen molar-refractivity contribution in [1.82, 2.24) is 10.4 Å². The number of nitrogens with one attached hydrogen (secondary N) is 1. The Kier molecular flexibility index (Phi) is 36.7. The third kappa shape index (κ3) is 33.4. The predicted octanol–water partition coefficient (Wildman–Crippen LogP) is 5.24. The third-order valence-electron chi connectivity index (χ3n) is 9.77. The molecular weight excluding hydrogens is 794 g/mol. The number of carbonyl (C=O) groups is 6. The molecule has 0 spiro atoms. The predicted molar refractivity (Wildman–Crippen MR) is 217 cm³/mol. The second-order valence-electron chi connectivity index (χ2n) is 15.2. The molecule has 0 aromatic heterocycles. The van der Waals surface area contributed by atoms with Crippen LogP contribution in [0.15, 0.2) is 0 Å². The van der Waals surface area contributed by atoms with Crippen LogP contribution >= 0.6 is 7.82 Å². The van der Waals surface area contributed by atoms with Gasteiger partial charge in [0.2, 0.25) is 5.91 Å². The Morgan fingerprint density at radius 3 is 1.54 bits per heavy atom. The topological polar surface area (TPSA) is 204 Å². The van der Waals surface area contributed by atoms with E-state index in [1.54, 1.807) is 0 Å². The Balaban J connectivity index is 0.0000336. The van der Waals surface area contributed by atoms with Crippen molar-refractivity contribution in [3.05, 3.63) is 0 Å². The Labute approximate surface area is 375 Å². The summed E-state index contributed by atoms with van der Waals surface area (Å²) < 4.78 is 33.1. The molecule has 0 saturated carbocycles. The van der Waals surface area contributed by atoms with Crippen LogP contribution in [0.25, 0.3) is 0 Å². The quantitative estimate of drug-likeness (QED) is 0.0276. The van der Waals surface area contributed by atoms with Gasteiger partial charge in [-0.15, -0.1) is 5.06 Å². The van der Waals surface area contributed by atoms with E-state index in [2.05, 4.69) is 19.2 Å². The summed E-state index contributed by atoms with van der Waals surface area (Å²) in [4.78, 5) is 89.4. The van der Waals surface area contributed by atoms with Crippen molar-refractivity contribution in [3.8, 4) is 0 Å². The van der Waals surface area contributed by atoms with Gasteiger partial charge in [-0.1, -0.05) is 142 Å². The number of rotatable bonds is 39. The number of phosphoric ester groups is 1. The second kappa shape index (κ2) is 37.9.